The van der Waals surface area contributed by atoms with Gasteiger partial charge in [0, 0.05) is 16.1 Å². The molecule has 0 bridgehead atoms. The van der Waals surface area contributed by atoms with Crippen LogP contribution in [0.2, 0.25) is 0 Å². The Morgan fingerprint density at radius 2 is 2.06 bits per heavy atom. The summed E-state index contributed by atoms with van der Waals surface area (Å²) >= 11 is 3.32. The first kappa shape index (κ1) is 12.8. The fourth-order valence-electron chi connectivity index (χ4n) is 1.55. The number of halogens is 2. The zero-order valence-corrected chi connectivity index (χ0v) is 11.0. The molecule has 0 aliphatic heterocycles. The molecule has 0 unspecified atom stereocenters. The van der Waals surface area contributed by atoms with Crippen LogP contribution in [0.25, 0.3) is 0 Å². The first-order valence-electron chi connectivity index (χ1n) is 5.30. The van der Waals surface area contributed by atoms with Gasteiger partial charge in [0.2, 0.25) is 0 Å². The van der Waals surface area contributed by atoms with Gasteiger partial charge in [-0.2, -0.15) is 0 Å². The van der Waals surface area contributed by atoms with Crippen molar-refractivity contribution in [2.75, 3.05) is 0 Å². The molecule has 0 heterocycles. The highest BCUT2D eigenvalue weighted by Gasteiger charge is 2.01. The molecule has 0 saturated carbocycles. The molecule has 0 saturated heterocycles. The van der Waals surface area contributed by atoms with Crippen LogP contribution in [0.15, 0.2) is 46.9 Å². The van der Waals surface area contributed by atoms with Crippen LogP contribution in [-0.2, 0) is 6.61 Å². The van der Waals surface area contributed by atoms with E-state index >= 15 is 0 Å². The van der Waals surface area contributed by atoms with E-state index in [1.807, 2.05) is 6.07 Å². The molecule has 0 N–H and O–H groups in total. The highest BCUT2D eigenvalue weighted by atomic mass is 79.9. The predicted molar refractivity (Wildman–Crippen MR) is 70.3 cm³/mol. The van der Waals surface area contributed by atoms with Crippen molar-refractivity contribution in [1.29, 1.82) is 0 Å². The Kier molecular flexibility index (Phi) is 4.10. The fourth-order valence-corrected chi connectivity index (χ4v) is 2.11. The minimum atomic E-state index is -0.338. The van der Waals surface area contributed by atoms with Gasteiger partial charge in [0.15, 0.2) is 0 Å². The summed E-state index contributed by atoms with van der Waals surface area (Å²) in [5.41, 5.74) is 1.41. The lowest BCUT2D eigenvalue weighted by Gasteiger charge is -2.07. The summed E-state index contributed by atoms with van der Waals surface area (Å²) < 4.78 is 19.2. The topological polar surface area (TPSA) is 26.3 Å². The van der Waals surface area contributed by atoms with Gasteiger partial charge in [-0.25, -0.2) is 4.39 Å². The lowest BCUT2D eigenvalue weighted by molar-refractivity contribution is 0.112. The number of hydrogen-bond donors (Lipinski definition) is 0. The van der Waals surface area contributed by atoms with Crippen LogP contribution >= 0.6 is 15.9 Å². The fraction of sp³-hybridized carbons (Fsp3) is 0.0714. The second kappa shape index (κ2) is 5.78. The standard InChI is InChI=1S/C14H10BrFO2/c15-12-5-10(8-17)4-11(6-12)9-18-14-3-1-2-13(16)7-14/h1-8H,9H2. The summed E-state index contributed by atoms with van der Waals surface area (Å²) in [4.78, 5) is 10.7. The quantitative estimate of drug-likeness (QED) is 0.799. The largest absolute Gasteiger partial charge is 0.489 e. The summed E-state index contributed by atoms with van der Waals surface area (Å²) in [6.45, 7) is 0.281. The Labute approximate surface area is 113 Å². The molecule has 2 nitrogen and oxygen atoms in total. The summed E-state index contributed by atoms with van der Waals surface area (Å²) in [7, 11) is 0. The maximum Gasteiger partial charge on any atom is 0.150 e. The van der Waals surface area contributed by atoms with Crippen LogP contribution in [0.1, 0.15) is 15.9 Å². The predicted octanol–water partition coefficient (Wildman–Crippen LogP) is 3.98. The molecular formula is C14H10BrFO2. The molecule has 0 atom stereocenters. The summed E-state index contributed by atoms with van der Waals surface area (Å²) in [5, 5.41) is 0. The molecule has 2 aromatic rings. The van der Waals surface area contributed by atoms with Crippen LogP contribution in [0.5, 0.6) is 5.75 Å². The van der Waals surface area contributed by atoms with Gasteiger partial charge in [0.1, 0.15) is 24.5 Å². The normalized spacial score (nSPS) is 10.1. The van der Waals surface area contributed by atoms with Crippen molar-refractivity contribution in [3.8, 4) is 5.75 Å². The minimum absolute atomic E-state index is 0.281. The van der Waals surface area contributed by atoms with Gasteiger partial charge in [-0.3, -0.25) is 4.79 Å². The average molecular weight is 309 g/mol. The van der Waals surface area contributed by atoms with E-state index in [1.165, 1.54) is 12.1 Å². The van der Waals surface area contributed by atoms with Gasteiger partial charge in [-0.05, 0) is 35.9 Å². The highest BCUT2D eigenvalue weighted by Crippen LogP contribution is 2.18. The van der Waals surface area contributed by atoms with Gasteiger partial charge >= 0.3 is 0 Å². The highest BCUT2D eigenvalue weighted by molar-refractivity contribution is 9.10. The molecular weight excluding hydrogens is 299 g/mol. The number of ether oxygens (including phenoxy) is 1. The third kappa shape index (κ3) is 3.40. The van der Waals surface area contributed by atoms with E-state index in [1.54, 1.807) is 24.3 Å². The van der Waals surface area contributed by atoms with E-state index in [2.05, 4.69) is 15.9 Å². The van der Waals surface area contributed by atoms with E-state index in [-0.39, 0.29) is 12.4 Å². The monoisotopic (exact) mass is 308 g/mol. The van der Waals surface area contributed by atoms with Crippen LogP contribution in [0.3, 0.4) is 0 Å². The zero-order chi connectivity index (χ0) is 13.0. The van der Waals surface area contributed by atoms with Crippen molar-refractivity contribution >= 4 is 22.2 Å². The van der Waals surface area contributed by atoms with Gasteiger partial charge in [0.05, 0.1) is 0 Å². The number of hydrogen-bond acceptors (Lipinski definition) is 2. The van der Waals surface area contributed by atoms with Crippen molar-refractivity contribution in [3.63, 3.8) is 0 Å². The first-order valence-corrected chi connectivity index (χ1v) is 6.10. The number of carbonyl (C=O) groups excluding carboxylic acids is 1. The van der Waals surface area contributed by atoms with E-state index in [4.69, 9.17) is 4.74 Å². The van der Waals surface area contributed by atoms with E-state index in [0.717, 1.165) is 16.3 Å². The van der Waals surface area contributed by atoms with Gasteiger partial charge in [0.25, 0.3) is 0 Å². The second-order valence-corrected chi connectivity index (χ2v) is 4.67. The molecule has 0 aliphatic carbocycles. The van der Waals surface area contributed by atoms with Gasteiger partial charge in [-0.15, -0.1) is 0 Å². The molecule has 0 spiro atoms. The second-order valence-electron chi connectivity index (χ2n) is 3.76. The molecule has 2 aromatic carbocycles. The lowest BCUT2D eigenvalue weighted by Crippen LogP contribution is -1.97. The van der Waals surface area contributed by atoms with E-state index in [0.29, 0.717) is 11.3 Å². The van der Waals surface area contributed by atoms with Crippen LogP contribution < -0.4 is 4.74 Å². The molecule has 0 fully saturated rings. The number of rotatable bonds is 4. The number of aldehydes is 1. The van der Waals surface area contributed by atoms with Crippen molar-refractivity contribution in [1.82, 2.24) is 0 Å². The smallest absolute Gasteiger partial charge is 0.150 e. The van der Waals surface area contributed by atoms with Gasteiger partial charge in [-0.1, -0.05) is 22.0 Å². The Bertz CT molecular complexity index is 569. The maximum absolute atomic E-state index is 12.9. The van der Waals surface area contributed by atoms with E-state index < -0.39 is 0 Å². The molecule has 0 aliphatic rings. The third-order valence-corrected chi connectivity index (χ3v) is 2.78. The van der Waals surface area contributed by atoms with Crippen LogP contribution in [0, 0.1) is 5.82 Å². The van der Waals surface area contributed by atoms with E-state index in [9.17, 15) is 9.18 Å². The molecule has 0 radical (unpaired) electrons. The molecule has 92 valence electrons. The van der Waals surface area contributed by atoms with Crippen molar-refractivity contribution in [2.24, 2.45) is 0 Å². The Hall–Kier alpha value is -1.68. The Morgan fingerprint density at radius 1 is 1.22 bits per heavy atom. The zero-order valence-electron chi connectivity index (χ0n) is 9.40. The average Bonchev–Trinajstić information content (AvgIpc) is 2.36. The first-order chi connectivity index (χ1) is 8.67. The minimum Gasteiger partial charge on any atom is -0.489 e. The summed E-state index contributed by atoms with van der Waals surface area (Å²) in [6, 6.07) is 11.3. The molecule has 4 heteroatoms. The Morgan fingerprint density at radius 3 is 2.78 bits per heavy atom. The van der Waals surface area contributed by atoms with Crippen molar-refractivity contribution in [3.05, 3.63) is 63.9 Å². The SMILES string of the molecule is O=Cc1cc(Br)cc(COc2cccc(F)c2)c1. The summed E-state index contributed by atoms with van der Waals surface area (Å²) in [5.74, 6) is 0.123. The molecule has 2 rings (SSSR count). The van der Waals surface area contributed by atoms with Crippen molar-refractivity contribution < 1.29 is 13.9 Å². The molecule has 0 amide bonds. The maximum atomic E-state index is 12.9. The third-order valence-electron chi connectivity index (χ3n) is 2.32. The summed E-state index contributed by atoms with van der Waals surface area (Å²) in [6.07, 6.45) is 0.774. The van der Waals surface area contributed by atoms with Crippen molar-refractivity contribution in [2.45, 2.75) is 6.61 Å². The number of benzene rings is 2. The van der Waals surface area contributed by atoms with Gasteiger partial charge < -0.3 is 4.74 Å². The van der Waals surface area contributed by atoms with Crippen LogP contribution in [-0.4, -0.2) is 6.29 Å². The molecule has 0 aromatic heterocycles. The Balaban J connectivity index is 2.10. The molecule has 18 heavy (non-hydrogen) atoms. The van der Waals surface area contributed by atoms with Crippen LogP contribution in [0.4, 0.5) is 4.39 Å². The lowest BCUT2D eigenvalue weighted by atomic mass is 10.1. The number of carbonyl (C=O) groups is 1.